The molecule has 0 spiro atoms. The van der Waals surface area contributed by atoms with Gasteiger partial charge in [0, 0.05) is 14.9 Å². The molecule has 0 saturated carbocycles. The Morgan fingerprint density at radius 2 is 2.25 bits per heavy atom. The molecule has 20 heavy (non-hydrogen) atoms. The summed E-state index contributed by atoms with van der Waals surface area (Å²) < 4.78 is 15.0. The van der Waals surface area contributed by atoms with Crippen LogP contribution in [0.25, 0.3) is 0 Å². The normalized spacial score (nSPS) is 12.7. The second-order valence-corrected chi connectivity index (χ2v) is 6.57. The highest BCUT2D eigenvalue weighted by atomic mass is 79.9. The van der Waals surface area contributed by atoms with Crippen LogP contribution in [-0.2, 0) is 0 Å². The number of hydrogen-bond acceptors (Lipinski definition) is 3. The van der Waals surface area contributed by atoms with Crippen LogP contribution in [-0.4, -0.2) is 11.5 Å². The molecule has 1 aromatic heterocycles. The number of hydrogen-bond donors (Lipinski definition) is 1. The predicted octanol–water partition coefficient (Wildman–Crippen LogP) is 5.10. The van der Waals surface area contributed by atoms with Gasteiger partial charge in [-0.2, -0.15) is 0 Å². The Morgan fingerprint density at radius 1 is 1.50 bits per heavy atom. The summed E-state index contributed by atoms with van der Waals surface area (Å²) in [5.41, 5.74) is 3.25. The highest BCUT2D eigenvalue weighted by Gasteiger charge is 2.23. The van der Waals surface area contributed by atoms with E-state index in [1.54, 1.807) is 17.6 Å². The van der Waals surface area contributed by atoms with E-state index in [4.69, 9.17) is 11.6 Å². The van der Waals surface area contributed by atoms with Crippen LogP contribution in [0.5, 0.6) is 0 Å². The fourth-order valence-corrected chi connectivity index (χ4v) is 3.36. The Kier molecular flexibility index (Phi) is 5.55. The van der Waals surface area contributed by atoms with Crippen LogP contribution >= 0.6 is 38.9 Å². The Hall–Kier alpha value is -0.490. The van der Waals surface area contributed by atoms with Gasteiger partial charge in [0.15, 0.2) is 0 Å². The van der Waals surface area contributed by atoms with Gasteiger partial charge in [0.25, 0.3) is 0 Å². The largest absolute Gasteiger partial charge is 0.305 e. The van der Waals surface area contributed by atoms with E-state index in [2.05, 4.69) is 33.2 Å². The lowest BCUT2D eigenvalue weighted by Gasteiger charge is -2.19. The van der Waals surface area contributed by atoms with Crippen molar-refractivity contribution in [2.24, 2.45) is 0 Å². The molecule has 0 radical (unpaired) electrons. The second kappa shape index (κ2) is 6.98. The summed E-state index contributed by atoms with van der Waals surface area (Å²) >= 11 is 10.8. The Bertz CT molecular complexity index is 603. The van der Waals surface area contributed by atoms with Crippen molar-refractivity contribution in [1.82, 2.24) is 10.3 Å². The lowest BCUT2D eigenvalue weighted by Crippen LogP contribution is -2.24. The lowest BCUT2D eigenvalue weighted by atomic mass is 10.0. The molecular weight excluding hydrogens is 363 g/mol. The first-order valence-corrected chi connectivity index (χ1v) is 8.38. The van der Waals surface area contributed by atoms with Crippen LogP contribution in [0.4, 0.5) is 4.39 Å². The molecule has 0 aliphatic rings. The number of rotatable bonds is 5. The van der Waals surface area contributed by atoms with E-state index in [0.717, 1.165) is 23.5 Å². The third kappa shape index (κ3) is 3.22. The van der Waals surface area contributed by atoms with Gasteiger partial charge in [-0.05, 0) is 41.9 Å². The first-order chi connectivity index (χ1) is 9.56. The number of aromatic nitrogens is 1. The van der Waals surface area contributed by atoms with Gasteiger partial charge in [-0.3, -0.25) is 0 Å². The Balaban J connectivity index is 2.47. The first kappa shape index (κ1) is 15.9. The second-order valence-electron chi connectivity index (χ2n) is 4.45. The van der Waals surface area contributed by atoms with E-state index in [1.807, 2.05) is 6.92 Å². The number of aryl methyl sites for hydroxylation is 1. The number of thiazole rings is 1. The molecule has 0 saturated heterocycles. The van der Waals surface area contributed by atoms with E-state index in [-0.39, 0.29) is 16.9 Å². The maximum atomic E-state index is 14.4. The average molecular weight is 378 g/mol. The number of benzene rings is 1. The zero-order valence-corrected chi connectivity index (χ0v) is 14.4. The van der Waals surface area contributed by atoms with E-state index in [0.29, 0.717) is 10.0 Å². The SMILES string of the molecule is CCCNC(c1ccc(Br)c(Cl)c1F)c1scnc1C. The number of nitrogens with zero attached hydrogens (tertiary/aromatic N) is 1. The van der Waals surface area contributed by atoms with Crippen LogP contribution in [0, 0.1) is 12.7 Å². The summed E-state index contributed by atoms with van der Waals surface area (Å²) in [7, 11) is 0. The molecule has 1 atom stereocenters. The highest BCUT2D eigenvalue weighted by Crippen LogP contribution is 2.35. The summed E-state index contributed by atoms with van der Waals surface area (Å²) in [5.74, 6) is -0.387. The molecule has 0 bridgehead atoms. The zero-order valence-electron chi connectivity index (χ0n) is 11.2. The van der Waals surface area contributed by atoms with E-state index in [1.165, 1.54) is 11.3 Å². The molecule has 2 aromatic rings. The highest BCUT2D eigenvalue weighted by molar-refractivity contribution is 9.10. The van der Waals surface area contributed by atoms with Crippen LogP contribution in [0.1, 0.15) is 35.5 Å². The molecule has 1 aromatic carbocycles. The summed E-state index contributed by atoms with van der Waals surface area (Å²) in [4.78, 5) is 5.28. The molecule has 1 heterocycles. The number of halogens is 3. The third-order valence-electron chi connectivity index (χ3n) is 3.02. The molecule has 0 amide bonds. The maximum Gasteiger partial charge on any atom is 0.148 e. The lowest BCUT2D eigenvalue weighted by molar-refractivity contribution is 0.549. The van der Waals surface area contributed by atoms with Gasteiger partial charge < -0.3 is 5.32 Å². The molecule has 0 aliphatic heterocycles. The van der Waals surface area contributed by atoms with Crippen molar-refractivity contribution in [3.05, 3.63) is 49.1 Å². The molecule has 108 valence electrons. The van der Waals surface area contributed by atoms with Crippen molar-refractivity contribution in [2.75, 3.05) is 6.54 Å². The first-order valence-electron chi connectivity index (χ1n) is 6.33. The quantitative estimate of drug-likeness (QED) is 0.734. The Morgan fingerprint density at radius 3 is 2.85 bits per heavy atom. The molecule has 0 aliphatic carbocycles. The van der Waals surface area contributed by atoms with Crippen molar-refractivity contribution >= 4 is 38.9 Å². The monoisotopic (exact) mass is 376 g/mol. The minimum Gasteiger partial charge on any atom is -0.305 e. The van der Waals surface area contributed by atoms with Crippen molar-refractivity contribution in [2.45, 2.75) is 26.3 Å². The average Bonchev–Trinajstić information content (AvgIpc) is 2.85. The molecule has 2 nitrogen and oxygen atoms in total. The van der Waals surface area contributed by atoms with Gasteiger partial charge in [-0.25, -0.2) is 9.37 Å². The molecule has 6 heteroatoms. The van der Waals surface area contributed by atoms with Crippen molar-refractivity contribution in [3.63, 3.8) is 0 Å². The fourth-order valence-electron chi connectivity index (χ4n) is 1.98. The molecule has 1 unspecified atom stereocenters. The van der Waals surface area contributed by atoms with Crippen molar-refractivity contribution < 1.29 is 4.39 Å². The van der Waals surface area contributed by atoms with Gasteiger partial charge in [0.05, 0.1) is 22.3 Å². The van der Waals surface area contributed by atoms with Crippen LogP contribution in [0.3, 0.4) is 0 Å². The Labute approximate surface area is 135 Å². The van der Waals surface area contributed by atoms with E-state index >= 15 is 0 Å². The van der Waals surface area contributed by atoms with Gasteiger partial charge in [0.2, 0.25) is 0 Å². The smallest absolute Gasteiger partial charge is 0.148 e. The summed E-state index contributed by atoms with van der Waals surface area (Å²) in [6.45, 7) is 4.81. The predicted molar refractivity (Wildman–Crippen MR) is 86.1 cm³/mol. The van der Waals surface area contributed by atoms with Crippen LogP contribution in [0.2, 0.25) is 5.02 Å². The molecule has 1 N–H and O–H groups in total. The van der Waals surface area contributed by atoms with Gasteiger partial charge in [-0.1, -0.05) is 24.6 Å². The van der Waals surface area contributed by atoms with E-state index in [9.17, 15) is 4.39 Å². The van der Waals surface area contributed by atoms with Crippen LogP contribution in [0.15, 0.2) is 22.1 Å². The van der Waals surface area contributed by atoms with Crippen molar-refractivity contribution in [3.8, 4) is 0 Å². The number of nitrogens with one attached hydrogen (secondary N) is 1. The van der Waals surface area contributed by atoms with E-state index < -0.39 is 0 Å². The van der Waals surface area contributed by atoms with Gasteiger partial charge in [-0.15, -0.1) is 11.3 Å². The molecule has 2 rings (SSSR count). The zero-order chi connectivity index (χ0) is 14.7. The fraction of sp³-hybridized carbons (Fsp3) is 0.357. The van der Waals surface area contributed by atoms with Gasteiger partial charge in [0.1, 0.15) is 5.82 Å². The molecule has 0 fully saturated rings. The minimum atomic E-state index is -0.387. The summed E-state index contributed by atoms with van der Waals surface area (Å²) in [5, 5.41) is 3.49. The summed E-state index contributed by atoms with van der Waals surface area (Å²) in [6.07, 6.45) is 0.972. The molecular formula is C14H15BrClFN2S. The summed E-state index contributed by atoms with van der Waals surface area (Å²) in [6, 6.07) is 3.32. The van der Waals surface area contributed by atoms with Crippen LogP contribution < -0.4 is 5.32 Å². The third-order valence-corrected chi connectivity index (χ3v) is 5.27. The maximum absolute atomic E-state index is 14.4. The van der Waals surface area contributed by atoms with Gasteiger partial charge >= 0.3 is 0 Å². The van der Waals surface area contributed by atoms with Crippen molar-refractivity contribution in [1.29, 1.82) is 0 Å². The standard InChI is InChI=1S/C14H15BrClFN2S/c1-3-6-18-13(14-8(2)19-7-20-14)9-4-5-10(15)11(16)12(9)17/h4-5,7,13,18H,3,6H2,1-2H3. The topological polar surface area (TPSA) is 24.9 Å². The minimum absolute atomic E-state index is 0.118.